The summed E-state index contributed by atoms with van der Waals surface area (Å²) in [6.07, 6.45) is 0. The summed E-state index contributed by atoms with van der Waals surface area (Å²) in [6.45, 7) is 4.97. The molecular weight excluding hydrogens is 382 g/mol. The highest BCUT2D eigenvalue weighted by Gasteiger charge is 2.26. The van der Waals surface area contributed by atoms with E-state index in [1.807, 2.05) is 13.0 Å². The Hall–Kier alpha value is -3.33. The molecule has 1 amide bonds. The fraction of sp³-hybridized carbons (Fsp3) is 0.158. The van der Waals surface area contributed by atoms with Crippen molar-refractivity contribution in [1.82, 2.24) is 5.16 Å². The van der Waals surface area contributed by atoms with Gasteiger partial charge in [-0.1, -0.05) is 11.2 Å². The number of aromatic nitrogens is 1. The van der Waals surface area contributed by atoms with Crippen LogP contribution in [0.1, 0.15) is 27.4 Å². The van der Waals surface area contributed by atoms with Gasteiger partial charge in [0.1, 0.15) is 11.4 Å². The first kappa shape index (κ1) is 18.1. The van der Waals surface area contributed by atoms with Crippen molar-refractivity contribution >= 4 is 27.3 Å². The van der Waals surface area contributed by atoms with Crippen LogP contribution in [0.15, 0.2) is 45.8 Å². The third kappa shape index (κ3) is 3.09. The zero-order chi connectivity index (χ0) is 20.1. The lowest BCUT2D eigenvalue weighted by Gasteiger charge is -2.11. The number of nitrogens with zero attached hydrogens (tertiary/aromatic N) is 1. The van der Waals surface area contributed by atoms with Gasteiger partial charge in [-0.05, 0) is 56.7 Å². The Bertz CT molecular complexity index is 1190. The summed E-state index contributed by atoms with van der Waals surface area (Å²) in [5.41, 5.74) is 2.22. The van der Waals surface area contributed by atoms with Gasteiger partial charge in [-0.25, -0.2) is 8.42 Å². The first-order valence-corrected chi connectivity index (χ1v) is 9.92. The predicted molar refractivity (Wildman–Crippen MR) is 102 cm³/mol. The summed E-state index contributed by atoms with van der Waals surface area (Å²) in [5, 5.41) is 6.46. The van der Waals surface area contributed by atoms with Crippen molar-refractivity contribution in [2.24, 2.45) is 0 Å². The van der Waals surface area contributed by atoms with E-state index in [0.717, 1.165) is 5.56 Å². The Kier molecular flexibility index (Phi) is 4.11. The minimum Gasteiger partial charge on any atom is -0.454 e. The maximum absolute atomic E-state index is 12.7. The van der Waals surface area contributed by atoms with Crippen LogP contribution in [0.25, 0.3) is 0 Å². The molecule has 0 bridgehead atoms. The molecule has 4 rings (SSSR count). The fourth-order valence-electron chi connectivity index (χ4n) is 3.06. The normalized spacial score (nSPS) is 13.0. The van der Waals surface area contributed by atoms with Crippen LogP contribution in [-0.2, 0) is 10.0 Å². The van der Waals surface area contributed by atoms with Crippen molar-refractivity contribution < 1.29 is 22.5 Å². The number of ether oxygens (including phenoxy) is 1. The Balaban J connectivity index is 1.70. The number of anilines is 2. The molecule has 3 aromatic rings. The van der Waals surface area contributed by atoms with Gasteiger partial charge in [0.25, 0.3) is 15.9 Å². The second-order valence-electron chi connectivity index (χ2n) is 6.53. The Morgan fingerprint density at radius 1 is 1.04 bits per heavy atom. The van der Waals surface area contributed by atoms with Crippen LogP contribution in [0.3, 0.4) is 0 Å². The van der Waals surface area contributed by atoms with E-state index in [-0.39, 0.29) is 27.6 Å². The van der Waals surface area contributed by atoms with Crippen molar-refractivity contribution in [3.8, 4) is 11.5 Å². The highest BCUT2D eigenvalue weighted by Crippen LogP contribution is 2.37. The number of sulfonamides is 1. The lowest BCUT2D eigenvalue weighted by atomic mass is 10.1. The first-order chi connectivity index (χ1) is 13.2. The van der Waals surface area contributed by atoms with Gasteiger partial charge in [-0.3, -0.25) is 9.52 Å². The largest absolute Gasteiger partial charge is 0.454 e. The number of hydrogen-bond acceptors (Lipinski definition) is 6. The van der Waals surface area contributed by atoms with Gasteiger partial charge < -0.3 is 14.6 Å². The summed E-state index contributed by atoms with van der Waals surface area (Å²) in [5.74, 6) is 0.645. The molecule has 0 radical (unpaired) electrons. The third-order valence-corrected chi connectivity index (χ3v) is 5.94. The lowest BCUT2D eigenvalue weighted by molar-refractivity contribution is 0.102. The SMILES string of the molecule is Cc1ccc2c(c1)NC(=O)c1cc(NS(=O)(=O)c3c(C)noc3C)ccc1O2. The number of carbonyl (C=O) groups excluding carboxylic acids is 1. The molecule has 0 fully saturated rings. The molecule has 144 valence electrons. The third-order valence-electron chi connectivity index (χ3n) is 4.32. The van der Waals surface area contributed by atoms with Crippen LogP contribution < -0.4 is 14.8 Å². The van der Waals surface area contributed by atoms with E-state index >= 15 is 0 Å². The maximum atomic E-state index is 12.7. The standard InChI is InChI=1S/C19H17N3O5S/c1-10-4-6-17-15(8-10)20-19(23)14-9-13(5-7-16(14)26-17)22-28(24,25)18-11(2)21-27-12(18)3/h4-9,22H,1-3H3,(H,20,23). The molecule has 28 heavy (non-hydrogen) atoms. The van der Waals surface area contributed by atoms with Crippen LogP contribution in [0.4, 0.5) is 11.4 Å². The molecular formula is C19H17N3O5S. The lowest BCUT2D eigenvalue weighted by Crippen LogP contribution is -2.16. The quantitative estimate of drug-likeness (QED) is 0.694. The van der Waals surface area contributed by atoms with E-state index in [2.05, 4.69) is 15.2 Å². The summed E-state index contributed by atoms with van der Waals surface area (Å²) in [7, 11) is -3.92. The molecule has 1 aliphatic heterocycles. The van der Waals surface area contributed by atoms with Crippen molar-refractivity contribution in [2.75, 3.05) is 10.0 Å². The average molecular weight is 399 g/mol. The number of hydrogen-bond donors (Lipinski definition) is 2. The molecule has 0 unspecified atom stereocenters. The van der Waals surface area contributed by atoms with Gasteiger partial charge in [0.05, 0.1) is 11.3 Å². The van der Waals surface area contributed by atoms with Crippen molar-refractivity contribution in [3.63, 3.8) is 0 Å². The molecule has 0 atom stereocenters. The Labute approximate surface area is 161 Å². The molecule has 2 heterocycles. The number of fused-ring (bicyclic) bond motifs is 2. The van der Waals surface area contributed by atoms with E-state index in [0.29, 0.717) is 17.2 Å². The molecule has 2 aromatic carbocycles. The van der Waals surface area contributed by atoms with E-state index < -0.39 is 15.9 Å². The molecule has 1 aromatic heterocycles. The average Bonchev–Trinajstić information content (AvgIpc) is 2.90. The van der Waals surface area contributed by atoms with Crippen LogP contribution in [0.2, 0.25) is 0 Å². The zero-order valence-electron chi connectivity index (χ0n) is 15.4. The Morgan fingerprint density at radius 2 is 1.79 bits per heavy atom. The molecule has 9 heteroatoms. The van der Waals surface area contributed by atoms with Crippen molar-refractivity contribution in [2.45, 2.75) is 25.7 Å². The van der Waals surface area contributed by atoms with Gasteiger partial charge in [0.15, 0.2) is 16.4 Å². The van der Waals surface area contributed by atoms with Gasteiger partial charge in [-0.15, -0.1) is 0 Å². The summed E-state index contributed by atoms with van der Waals surface area (Å²) in [4.78, 5) is 12.6. The second-order valence-corrected chi connectivity index (χ2v) is 8.14. The maximum Gasteiger partial charge on any atom is 0.267 e. The fourth-order valence-corrected chi connectivity index (χ4v) is 4.44. The number of amides is 1. The number of rotatable bonds is 3. The van der Waals surface area contributed by atoms with Crippen LogP contribution in [0, 0.1) is 20.8 Å². The smallest absolute Gasteiger partial charge is 0.267 e. The summed E-state index contributed by atoms with van der Waals surface area (Å²) < 4.78 is 38.6. The molecule has 0 saturated heterocycles. The molecule has 8 nitrogen and oxygen atoms in total. The number of aryl methyl sites for hydroxylation is 3. The monoisotopic (exact) mass is 399 g/mol. The second kappa shape index (κ2) is 6.38. The van der Waals surface area contributed by atoms with E-state index in [9.17, 15) is 13.2 Å². The molecule has 0 saturated carbocycles. The van der Waals surface area contributed by atoms with Crippen LogP contribution in [0.5, 0.6) is 11.5 Å². The van der Waals surface area contributed by atoms with Crippen molar-refractivity contribution in [3.05, 3.63) is 59.0 Å². The van der Waals surface area contributed by atoms with E-state index in [1.54, 1.807) is 25.1 Å². The minimum absolute atomic E-state index is 0.0222. The van der Waals surface area contributed by atoms with Gasteiger partial charge in [-0.2, -0.15) is 0 Å². The topological polar surface area (TPSA) is 111 Å². The summed E-state index contributed by atoms with van der Waals surface area (Å²) in [6, 6.07) is 9.96. The first-order valence-electron chi connectivity index (χ1n) is 8.44. The highest BCUT2D eigenvalue weighted by molar-refractivity contribution is 7.92. The minimum atomic E-state index is -3.92. The van der Waals surface area contributed by atoms with E-state index in [1.165, 1.54) is 19.1 Å². The van der Waals surface area contributed by atoms with Crippen LogP contribution in [-0.4, -0.2) is 19.5 Å². The number of benzene rings is 2. The van der Waals surface area contributed by atoms with Crippen LogP contribution >= 0.6 is 0 Å². The Morgan fingerprint density at radius 3 is 2.50 bits per heavy atom. The molecule has 0 aliphatic carbocycles. The number of nitrogens with one attached hydrogen (secondary N) is 2. The van der Waals surface area contributed by atoms with Gasteiger partial charge in [0.2, 0.25) is 0 Å². The van der Waals surface area contributed by atoms with Gasteiger partial charge >= 0.3 is 0 Å². The molecule has 1 aliphatic rings. The molecule has 2 N–H and O–H groups in total. The van der Waals surface area contributed by atoms with E-state index in [4.69, 9.17) is 9.26 Å². The van der Waals surface area contributed by atoms with Crippen molar-refractivity contribution in [1.29, 1.82) is 0 Å². The zero-order valence-corrected chi connectivity index (χ0v) is 16.2. The molecule has 0 spiro atoms. The highest BCUT2D eigenvalue weighted by atomic mass is 32.2. The summed E-state index contributed by atoms with van der Waals surface area (Å²) >= 11 is 0. The predicted octanol–water partition coefficient (Wildman–Crippen LogP) is 3.76. The van der Waals surface area contributed by atoms with Gasteiger partial charge in [0, 0.05) is 5.69 Å². The number of carbonyl (C=O) groups is 1.